The standard InChI is InChI=1S/C32H31ClF2N8OS/c1-16-24(6-8-39-16)42(2)30-19-10-22(33)25(18-4-5-23(35)28-26(18)21(13-37)29(38)45-28)20(12-36)27(19)40-31(41-30)44-15-32-7-3-9-43(32)14-17(34)11-32/h4-5,10,16-17,24,39H,3,6-9,11,14-15,38H2,1-2H3/t16?,17-,24?,32+/m1/s1. The fourth-order valence-electron chi connectivity index (χ4n) is 7.59. The number of nitrogen functional groups attached to an aromatic ring is 1. The first-order chi connectivity index (χ1) is 21.7. The number of rotatable bonds is 6. The summed E-state index contributed by atoms with van der Waals surface area (Å²) < 4.78 is 35.9. The van der Waals surface area contributed by atoms with Crippen molar-refractivity contribution >= 4 is 54.7 Å². The first-order valence-electron chi connectivity index (χ1n) is 15.0. The van der Waals surface area contributed by atoms with Gasteiger partial charge in [0, 0.05) is 48.4 Å². The van der Waals surface area contributed by atoms with Gasteiger partial charge in [0.1, 0.15) is 41.6 Å². The Morgan fingerprint density at radius 2 is 2.09 bits per heavy atom. The number of nitriles is 2. The van der Waals surface area contributed by atoms with Crippen LogP contribution in [-0.2, 0) is 0 Å². The molecule has 0 aliphatic carbocycles. The van der Waals surface area contributed by atoms with Crippen molar-refractivity contribution in [2.45, 2.75) is 56.4 Å². The second kappa shape index (κ2) is 11.2. The number of thiophene rings is 1. The van der Waals surface area contributed by atoms with E-state index in [0.717, 1.165) is 43.7 Å². The van der Waals surface area contributed by atoms with E-state index in [0.29, 0.717) is 46.2 Å². The number of aromatic nitrogens is 2. The first kappa shape index (κ1) is 29.9. The quantitative estimate of drug-likeness (QED) is 0.268. The molecule has 3 aliphatic heterocycles. The van der Waals surface area contributed by atoms with Gasteiger partial charge in [-0.1, -0.05) is 17.7 Å². The summed E-state index contributed by atoms with van der Waals surface area (Å²) in [6.45, 7) is 4.41. The fourth-order valence-corrected chi connectivity index (χ4v) is 8.85. The number of nitrogens with one attached hydrogen (secondary N) is 1. The largest absolute Gasteiger partial charge is 0.461 e. The number of nitrogens with two attached hydrogens (primary N) is 1. The highest BCUT2D eigenvalue weighted by Crippen LogP contribution is 2.46. The molecule has 4 atom stereocenters. The summed E-state index contributed by atoms with van der Waals surface area (Å²) >= 11 is 7.95. The SMILES string of the molecule is CC1NCCC1N(C)c1nc(OC[C@@]23CCCN2C[C@H](F)C3)nc2c(C#N)c(-c3ccc(F)c4sc(N)c(C#N)c34)c(Cl)cc12. The van der Waals surface area contributed by atoms with Crippen molar-refractivity contribution in [3.8, 4) is 29.3 Å². The van der Waals surface area contributed by atoms with Gasteiger partial charge in [0.2, 0.25) is 0 Å². The van der Waals surface area contributed by atoms with E-state index < -0.39 is 17.5 Å². The van der Waals surface area contributed by atoms with Gasteiger partial charge in [-0.25, -0.2) is 8.78 Å². The molecule has 232 valence electrons. The first-order valence-corrected chi connectivity index (χ1v) is 16.2. The Morgan fingerprint density at radius 3 is 2.82 bits per heavy atom. The van der Waals surface area contributed by atoms with Crippen molar-refractivity contribution < 1.29 is 13.5 Å². The zero-order valence-corrected chi connectivity index (χ0v) is 26.4. The Balaban J connectivity index is 1.43. The average Bonchev–Trinajstić information content (AvgIpc) is 3.77. The number of hydrogen-bond acceptors (Lipinski definition) is 10. The number of anilines is 2. The summed E-state index contributed by atoms with van der Waals surface area (Å²) in [4.78, 5) is 13.9. The molecule has 2 aromatic carbocycles. The zero-order valence-electron chi connectivity index (χ0n) is 24.8. The van der Waals surface area contributed by atoms with Crippen molar-refractivity contribution in [3.63, 3.8) is 0 Å². The van der Waals surface area contributed by atoms with Crippen LogP contribution in [-0.4, -0.2) is 72.0 Å². The van der Waals surface area contributed by atoms with Crippen molar-refractivity contribution in [1.29, 1.82) is 10.5 Å². The third kappa shape index (κ3) is 4.74. The summed E-state index contributed by atoms with van der Waals surface area (Å²) in [5.74, 6) is 0.0316. The molecule has 2 unspecified atom stereocenters. The third-order valence-electron chi connectivity index (χ3n) is 9.76. The van der Waals surface area contributed by atoms with Crippen LogP contribution in [0.15, 0.2) is 18.2 Å². The lowest BCUT2D eigenvalue weighted by atomic mass is 9.93. The molecule has 7 rings (SSSR count). The van der Waals surface area contributed by atoms with Gasteiger partial charge in [-0.15, -0.1) is 11.3 Å². The van der Waals surface area contributed by atoms with E-state index in [1.807, 2.05) is 7.05 Å². The Hall–Kier alpha value is -3.81. The molecule has 3 fully saturated rings. The zero-order chi connectivity index (χ0) is 31.6. The highest BCUT2D eigenvalue weighted by atomic mass is 35.5. The van der Waals surface area contributed by atoms with Crippen LogP contribution in [0.4, 0.5) is 19.6 Å². The van der Waals surface area contributed by atoms with E-state index in [-0.39, 0.29) is 50.6 Å². The molecule has 0 bridgehead atoms. The maximum atomic E-state index is 14.9. The minimum atomic E-state index is -0.906. The summed E-state index contributed by atoms with van der Waals surface area (Å²) in [6.07, 6.45) is 2.17. The van der Waals surface area contributed by atoms with Gasteiger partial charge in [0.25, 0.3) is 0 Å². The predicted octanol–water partition coefficient (Wildman–Crippen LogP) is 5.77. The van der Waals surface area contributed by atoms with Gasteiger partial charge in [0.05, 0.1) is 31.9 Å². The Kier molecular flexibility index (Phi) is 7.45. The molecule has 3 saturated heterocycles. The second-order valence-electron chi connectivity index (χ2n) is 12.3. The highest BCUT2D eigenvalue weighted by Gasteiger charge is 2.49. The minimum Gasteiger partial charge on any atom is -0.461 e. The minimum absolute atomic E-state index is 0.0815. The lowest BCUT2D eigenvalue weighted by Crippen LogP contribution is -2.43. The smallest absolute Gasteiger partial charge is 0.319 e. The summed E-state index contributed by atoms with van der Waals surface area (Å²) in [5.41, 5.74) is 7.01. The maximum Gasteiger partial charge on any atom is 0.319 e. The third-order valence-corrected chi connectivity index (χ3v) is 11.1. The molecule has 4 aromatic rings. The van der Waals surface area contributed by atoms with E-state index in [1.165, 1.54) is 12.1 Å². The molecule has 0 saturated carbocycles. The van der Waals surface area contributed by atoms with Crippen LogP contribution in [0.3, 0.4) is 0 Å². The van der Waals surface area contributed by atoms with Gasteiger partial charge >= 0.3 is 6.01 Å². The van der Waals surface area contributed by atoms with E-state index in [2.05, 4.69) is 34.2 Å². The van der Waals surface area contributed by atoms with Crippen LogP contribution in [0.1, 0.15) is 43.7 Å². The van der Waals surface area contributed by atoms with Crippen molar-refractivity contribution in [2.75, 3.05) is 43.9 Å². The number of nitrogens with zero attached hydrogens (tertiary/aromatic N) is 6. The highest BCUT2D eigenvalue weighted by molar-refractivity contribution is 7.23. The molecule has 0 spiro atoms. The summed E-state index contributed by atoms with van der Waals surface area (Å²) in [5, 5.41) is 25.3. The number of benzene rings is 2. The number of alkyl halides is 1. The molecule has 13 heteroatoms. The molecule has 45 heavy (non-hydrogen) atoms. The Labute approximate surface area is 268 Å². The van der Waals surface area contributed by atoms with Crippen LogP contribution >= 0.6 is 22.9 Å². The number of ether oxygens (including phenoxy) is 1. The molecule has 0 radical (unpaired) electrons. The Morgan fingerprint density at radius 1 is 1.29 bits per heavy atom. The van der Waals surface area contributed by atoms with Crippen LogP contribution in [0.2, 0.25) is 5.02 Å². The number of hydrogen-bond donors (Lipinski definition) is 2. The lowest BCUT2D eigenvalue weighted by Gasteiger charge is -2.32. The van der Waals surface area contributed by atoms with Crippen LogP contribution in [0.5, 0.6) is 6.01 Å². The monoisotopic (exact) mass is 648 g/mol. The van der Waals surface area contributed by atoms with E-state index in [4.69, 9.17) is 32.0 Å². The van der Waals surface area contributed by atoms with E-state index in [1.54, 1.807) is 6.07 Å². The normalized spacial score (nSPS) is 24.6. The van der Waals surface area contributed by atoms with Gasteiger partial charge in [-0.05, 0) is 57.0 Å². The molecule has 3 aliphatic rings. The molecule has 3 N–H and O–H groups in total. The summed E-state index contributed by atoms with van der Waals surface area (Å²) in [6, 6.07) is 9.26. The second-order valence-corrected chi connectivity index (χ2v) is 13.7. The molecule has 0 amide bonds. The number of fused-ring (bicyclic) bond motifs is 3. The molecule has 5 heterocycles. The maximum absolute atomic E-state index is 14.9. The predicted molar refractivity (Wildman–Crippen MR) is 172 cm³/mol. The van der Waals surface area contributed by atoms with Crippen LogP contribution < -0.4 is 20.7 Å². The van der Waals surface area contributed by atoms with Gasteiger partial charge in [-0.3, -0.25) is 4.90 Å². The van der Waals surface area contributed by atoms with Gasteiger partial charge in [-0.2, -0.15) is 20.5 Å². The van der Waals surface area contributed by atoms with Gasteiger partial charge < -0.3 is 20.7 Å². The number of halogens is 3. The van der Waals surface area contributed by atoms with Crippen molar-refractivity contribution in [2.24, 2.45) is 0 Å². The topological polar surface area (TPSA) is 127 Å². The van der Waals surface area contributed by atoms with Crippen molar-refractivity contribution in [3.05, 3.63) is 40.2 Å². The molecular weight excluding hydrogens is 618 g/mol. The van der Waals surface area contributed by atoms with E-state index >= 15 is 0 Å². The molecule has 9 nitrogen and oxygen atoms in total. The van der Waals surface area contributed by atoms with Crippen LogP contribution in [0, 0.1) is 28.5 Å². The van der Waals surface area contributed by atoms with E-state index in [9.17, 15) is 19.3 Å². The molecular formula is C32H31ClF2N8OS. The molecule has 2 aromatic heterocycles. The lowest BCUT2D eigenvalue weighted by molar-refractivity contribution is 0.107. The average molecular weight is 649 g/mol. The summed E-state index contributed by atoms with van der Waals surface area (Å²) in [7, 11) is 1.95. The Bertz CT molecular complexity index is 1940. The van der Waals surface area contributed by atoms with Crippen molar-refractivity contribution in [1.82, 2.24) is 20.2 Å². The number of likely N-dealkylation sites (N-methyl/N-ethyl adjacent to an activating group) is 1. The van der Waals surface area contributed by atoms with Gasteiger partial charge in [0.15, 0.2) is 0 Å². The van der Waals surface area contributed by atoms with Crippen LogP contribution in [0.25, 0.3) is 32.1 Å². The fraction of sp³-hybridized carbons (Fsp3) is 0.438.